The number of ether oxygens (including phenoxy) is 2. The average molecular weight is 514 g/mol. The van der Waals surface area contributed by atoms with E-state index in [0.29, 0.717) is 34.3 Å². The predicted octanol–water partition coefficient (Wildman–Crippen LogP) is 4.39. The average Bonchev–Trinajstić information content (AvgIpc) is 3.10. The lowest BCUT2D eigenvalue weighted by molar-refractivity contribution is 0.109. The van der Waals surface area contributed by atoms with Gasteiger partial charge in [0.1, 0.15) is 17.3 Å². The normalized spacial score (nSPS) is 19.6. The third-order valence-electron chi connectivity index (χ3n) is 7.41. The van der Waals surface area contributed by atoms with E-state index in [1.165, 1.54) is 7.11 Å². The molecule has 8 nitrogen and oxygen atoms in total. The van der Waals surface area contributed by atoms with Crippen LogP contribution < -0.4 is 9.47 Å². The van der Waals surface area contributed by atoms with E-state index >= 15 is 0 Å². The highest BCUT2D eigenvalue weighted by molar-refractivity contribution is 6.37. The van der Waals surface area contributed by atoms with E-state index in [0.717, 1.165) is 11.6 Å². The van der Waals surface area contributed by atoms with Crippen molar-refractivity contribution >= 4 is 22.5 Å². The van der Waals surface area contributed by atoms with Gasteiger partial charge in [-0.05, 0) is 44.9 Å². The van der Waals surface area contributed by atoms with Crippen LogP contribution in [-0.4, -0.2) is 48.6 Å². The summed E-state index contributed by atoms with van der Waals surface area (Å²) in [6.45, 7) is 5.48. The minimum Gasteiger partial charge on any atom is -0.486 e. The van der Waals surface area contributed by atoms with Crippen molar-refractivity contribution < 1.29 is 19.0 Å². The van der Waals surface area contributed by atoms with E-state index in [1.807, 2.05) is 37.1 Å². The van der Waals surface area contributed by atoms with Gasteiger partial charge in [0.25, 0.3) is 5.88 Å². The Labute approximate surface area is 213 Å². The second kappa shape index (κ2) is 8.45. The summed E-state index contributed by atoms with van der Waals surface area (Å²) in [5.41, 5.74) is -0.538. The highest BCUT2D eigenvalue weighted by atomic mass is 35.5. The summed E-state index contributed by atoms with van der Waals surface area (Å²) in [5.74, 6) is 1.78. The molecule has 2 atom stereocenters. The van der Waals surface area contributed by atoms with Crippen LogP contribution >= 0.6 is 11.6 Å². The van der Waals surface area contributed by atoms with Gasteiger partial charge in [0.15, 0.2) is 5.60 Å². The summed E-state index contributed by atoms with van der Waals surface area (Å²) >= 11 is 6.83. The summed E-state index contributed by atoms with van der Waals surface area (Å²) in [7, 11) is 5.19. The molecule has 0 aliphatic heterocycles. The van der Waals surface area contributed by atoms with Gasteiger partial charge in [0.05, 0.1) is 48.0 Å². The maximum absolute atomic E-state index is 14.1. The number of benzene rings is 1. The molecule has 1 aliphatic carbocycles. The summed E-state index contributed by atoms with van der Waals surface area (Å²) in [6, 6.07) is 5.37. The number of aryl methyl sites for hydroxylation is 2. The van der Waals surface area contributed by atoms with Gasteiger partial charge in [-0.25, -0.2) is 19.3 Å². The van der Waals surface area contributed by atoms with Crippen molar-refractivity contribution in [3.8, 4) is 11.6 Å². The highest BCUT2D eigenvalue weighted by Gasteiger charge is 2.51. The lowest BCUT2D eigenvalue weighted by Crippen LogP contribution is -2.33. The number of hydrogen-bond donors (Lipinski definition) is 1. The third kappa shape index (κ3) is 3.72. The predicted molar refractivity (Wildman–Crippen MR) is 134 cm³/mol. The van der Waals surface area contributed by atoms with E-state index in [9.17, 15) is 9.50 Å². The first-order valence-corrected chi connectivity index (χ1v) is 12.1. The molecule has 0 bridgehead atoms. The first kappa shape index (κ1) is 24.5. The highest BCUT2D eigenvalue weighted by Crippen LogP contribution is 2.48. The number of fused-ring (bicyclic) bond motifs is 1. The van der Waals surface area contributed by atoms with Gasteiger partial charge in [-0.15, -0.1) is 0 Å². The van der Waals surface area contributed by atoms with Gasteiger partial charge in [-0.1, -0.05) is 17.7 Å². The molecular formula is C26H29ClFN5O3. The molecule has 0 saturated heterocycles. The van der Waals surface area contributed by atoms with E-state index in [2.05, 4.69) is 15.0 Å². The number of aliphatic hydroxyl groups is 1. The van der Waals surface area contributed by atoms with Crippen LogP contribution in [0.15, 0.2) is 30.6 Å². The number of halogens is 2. The molecular weight excluding hydrogens is 485 g/mol. The monoisotopic (exact) mass is 513 g/mol. The molecule has 2 unspecified atom stereocenters. The maximum atomic E-state index is 14.1. The summed E-state index contributed by atoms with van der Waals surface area (Å²) in [4.78, 5) is 13.4. The molecule has 0 spiro atoms. The summed E-state index contributed by atoms with van der Waals surface area (Å²) in [5, 5.41) is 13.2. The van der Waals surface area contributed by atoms with Crippen molar-refractivity contribution in [2.75, 3.05) is 13.7 Å². The van der Waals surface area contributed by atoms with Crippen LogP contribution in [0.2, 0.25) is 5.02 Å². The van der Waals surface area contributed by atoms with Crippen LogP contribution in [0.1, 0.15) is 41.9 Å². The molecule has 1 aliphatic rings. The molecule has 1 saturated carbocycles. The van der Waals surface area contributed by atoms with Gasteiger partial charge in [0.2, 0.25) is 5.75 Å². The fourth-order valence-corrected chi connectivity index (χ4v) is 4.90. The lowest BCUT2D eigenvalue weighted by Gasteiger charge is -2.30. The fourth-order valence-electron chi connectivity index (χ4n) is 4.62. The van der Waals surface area contributed by atoms with Crippen LogP contribution in [0.3, 0.4) is 0 Å². The Hall–Kier alpha value is -3.17. The van der Waals surface area contributed by atoms with E-state index in [1.54, 1.807) is 37.5 Å². The minimum absolute atomic E-state index is 0.169. The molecule has 1 fully saturated rings. The molecule has 10 heteroatoms. The van der Waals surface area contributed by atoms with Crippen LogP contribution in [-0.2, 0) is 19.7 Å². The van der Waals surface area contributed by atoms with Crippen molar-refractivity contribution in [2.45, 2.75) is 38.5 Å². The van der Waals surface area contributed by atoms with Crippen LogP contribution in [0.4, 0.5) is 4.39 Å². The Morgan fingerprint density at radius 3 is 2.22 bits per heavy atom. The molecule has 0 radical (unpaired) electrons. The molecule has 1 N–H and O–H groups in total. The SMILES string of the molecule is COc1nc2ccc(C(O)(c3cnc(C)n3C)c3cnc(C)n3C)cc2c(Cl)c1OCC1CC1(C)F. The Kier molecular flexibility index (Phi) is 5.76. The van der Waals surface area contributed by atoms with Crippen LogP contribution in [0.5, 0.6) is 11.6 Å². The number of aromatic nitrogens is 5. The summed E-state index contributed by atoms with van der Waals surface area (Å²) in [6.07, 6.45) is 3.77. The topological polar surface area (TPSA) is 87.2 Å². The zero-order valence-electron chi connectivity index (χ0n) is 21.1. The first-order valence-electron chi connectivity index (χ1n) is 11.7. The largest absolute Gasteiger partial charge is 0.486 e. The summed E-state index contributed by atoms with van der Waals surface area (Å²) < 4.78 is 29.1. The molecule has 190 valence electrons. The quantitative estimate of drug-likeness (QED) is 0.394. The molecule has 3 aromatic heterocycles. The van der Waals surface area contributed by atoms with Crippen molar-refractivity contribution in [1.29, 1.82) is 0 Å². The first-order chi connectivity index (χ1) is 17.0. The molecule has 3 heterocycles. The van der Waals surface area contributed by atoms with Crippen molar-refractivity contribution in [2.24, 2.45) is 20.0 Å². The van der Waals surface area contributed by atoms with Crippen molar-refractivity contribution in [1.82, 2.24) is 24.1 Å². The molecule has 5 rings (SSSR count). The van der Waals surface area contributed by atoms with Gasteiger partial charge in [0, 0.05) is 25.4 Å². The second-order valence-electron chi connectivity index (χ2n) is 9.70. The Bertz CT molecular complexity index is 1430. The maximum Gasteiger partial charge on any atom is 0.258 e. The van der Waals surface area contributed by atoms with Crippen molar-refractivity contribution in [3.05, 3.63) is 64.2 Å². The van der Waals surface area contributed by atoms with Crippen molar-refractivity contribution in [3.63, 3.8) is 0 Å². The molecule has 4 aromatic rings. The zero-order chi connectivity index (χ0) is 26.0. The number of pyridine rings is 1. The number of imidazole rings is 2. The smallest absolute Gasteiger partial charge is 0.258 e. The fraction of sp³-hybridized carbons (Fsp3) is 0.423. The van der Waals surface area contributed by atoms with Gasteiger partial charge < -0.3 is 23.7 Å². The van der Waals surface area contributed by atoms with Gasteiger partial charge in [-0.2, -0.15) is 0 Å². The standard InChI is InChI=1S/C26H29ClFN5O3/c1-14-29-11-20(32(14)4)26(34,21-12-30-15(2)33(21)5)16-7-8-19-18(9-16)22(27)23(24(31-19)35-6)36-13-17-10-25(17,3)28/h7-9,11-12,17,34H,10,13H2,1-6H3. The Balaban J connectivity index is 1.68. The Morgan fingerprint density at radius 2 is 1.75 bits per heavy atom. The number of nitrogens with zero attached hydrogens (tertiary/aromatic N) is 5. The minimum atomic E-state index is -1.59. The van der Waals surface area contributed by atoms with Crippen LogP contribution in [0.25, 0.3) is 10.9 Å². The third-order valence-corrected chi connectivity index (χ3v) is 7.78. The van der Waals surface area contributed by atoms with E-state index in [-0.39, 0.29) is 29.2 Å². The second-order valence-corrected chi connectivity index (χ2v) is 10.1. The molecule has 0 amide bonds. The number of rotatable bonds is 7. The molecule has 1 aromatic carbocycles. The number of hydrogen-bond acceptors (Lipinski definition) is 6. The van der Waals surface area contributed by atoms with Crippen LogP contribution in [0, 0.1) is 19.8 Å². The Morgan fingerprint density at radius 1 is 1.17 bits per heavy atom. The van der Waals surface area contributed by atoms with E-state index in [4.69, 9.17) is 21.1 Å². The van der Waals surface area contributed by atoms with Gasteiger partial charge >= 0.3 is 0 Å². The number of alkyl halides is 1. The number of methoxy groups -OCH3 is 1. The van der Waals surface area contributed by atoms with E-state index < -0.39 is 11.3 Å². The van der Waals surface area contributed by atoms with Gasteiger partial charge in [-0.3, -0.25) is 0 Å². The zero-order valence-corrected chi connectivity index (χ0v) is 21.9. The lowest BCUT2D eigenvalue weighted by atomic mass is 9.86. The molecule has 36 heavy (non-hydrogen) atoms.